The van der Waals surface area contributed by atoms with E-state index < -0.39 is 0 Å². The van der Waals surface area contributed by atoms with Crippen molar-refractivity contribution in [2.24, 2.45) is 11.8 Å². The number of nitrogens with two attached hydrogens (primary N) is 1. The number of hydrogen-bond acceptors (Lipinski definition) is 6. The number of hydrogen-bond donors (Lipinski definition) is 1. The molecule has 6 nitrogen and oxygen atoms in total. The van der Waals surface area contributed by atoms with Gasteiger partial charge in [0.15, 0.2) is 0 Å². The fourth-order valence-electron chi connectivity index (χ4n) is 5.96. The lowest BCUT2D eigenvalue weighted by Gasteiger charge is -2.39. The SMILES string of the molecule is Nc1nnc(-c2ccc([C@]3(c4ccc(OCc5ccc(F)cn5)cc4)C[C@@H]4CC[C@H]3C4)cc2)o1. The first-order valence-corrected chi connectivity index (χ1v) is 11.6. The van der Waals surface area contributed by atoms with Gasteiger partial charge in [0.1, 0.15) is 18.2 Å². The van der Waals surface area contributed by atoms with Gasteiger partial charge in [0.05, 0.1) is 11.9 Å². The van der Waals surface area contributed by atoms with Crippen molar-refractivity contribution < 1.29 is 13.5 Å². The van der Waals surface area contributed by atoms with E-state index in [1.165, 1.54) is 42.7 Å². The molecule has 0 spiro atoms. The van der Waals surface area contributed by atoms with Crippen LogP contribution < -0.4 is 10.5 Å². The van der Waals surface area contributed by atoms with Gasteiger partial charge in [-0.15, -0.1) is 5.10 Å². The van der Waals surface area contributed by atoms with Crippen LogP contribution in [0.3, 0.4) is 0 Å². The number of anilines is 1. The summed E-state index contributed by atoms with van der Waals surface area (Å²) in [6.45, 7) is 0.303. The van der Waals surface area contributed by atoms with Crippen LogP contribution in [0.1, 0.15) is 42.5 Å². The van der Waals surface area contributed by atoms with Gasteiger partial charge in [-0.1, -0.05) is 35.8 Å². The Balaban J connectivity index is 1.27. The van der Waals surface area contributed by atoms with Crippen LogP contribution in [-0.4, -0.2) is 15.2 Å². The summed E-state index contributed by atoms with van der Waals surface area (Å²) >= 11 is 0. The van der Waals surface area contributed by atoms with Gasteiger partial charge in [0, 0.05) is 11.0 Å². The number of aromatic nitrogens is 3. The van der Waals surface area contributed by atoms with Crippen molar-refractivity contribution in [1.82, 2.24) is 15.2 Å². The lowest BCUT2D eigenvalue weighted by atomic mass is 9.64. The monoisotopic (exact) mass is 456 g/mol. The molecule has 2 aliphatic rings. The Labute approximate surface area is 197 Å². The quantitative estimate of drug-likeness (QED) is 0.410. The van der Waals surface area contributed by atoms with E-state index in [1.54, 1.807) is 6.07 Å². The van der Waals surface area contributed by atoms with Crippen LogP contribution in [-0.2, 0) is 12.0 Å². The van der Waals surface area contributed by atoms with Crippen molar-refractivity contribution in [3.05, 3.63) is 89.5 Å². The molecule has 0 amide bonds. The molecule has 0 saturated heterocycles. The van der Waals surface area contributed by atoms with Crippen molar-refractivity contribution in [1.29, 1.82) is 0 Å². The molecule has 2 N–H and O–H groups in total. The van der Waals surface area contributed by atoms with Crippen molar-refractivity contribution in [3.8, 4) is 17.2 Å². The summed E-state index contributed by atoms with van der Waals surface area (Å²) < 4.78 is 24.4. The van der Waals surface area contributed by atoms with Crippen molar-refractivity contribution >= 4 is 6.01 Å². The van der Waals surface area contributed by atoms with Gasteiger partial charge < -0.3 is 14.9 Å². The van der Waals surface area contributed by atoms with Gasteiger partial charge in [0.25, 0.3) is 0 Å². The van der Waals surface area contributed by atoms with E-state index in [4.69, 9.17) is 14.9 Å². The summed E-state index contributed by atoms with van der Waals surface area (Å²) in [7, 11) is 0. The third-order valence-corrected chi connectivity index (χ3v) is 7.48. The molecular formula is C27H25FN4O2. The lowest BCUT2D eigenvalue weighted by Crippen LogP contribution is -2.34. The van der Waals surface area contributed by atoms with Gasteiger partial charge >= 0.3 is 6.01 Å². The fourth-order valence-corrected chi connectivity index (χ4v) is 5.96. The second-order valence-electron chi connectivity index (χ2n) is 9.36. The minimum Gasteiger partial charge on any atom is -0.487 e. The maximum absolute atomic E-state index is 13.1. The zero-order valence-electron chi connectivity index (χ0n) is 18.7. The largest absolute Gasteiger partial charge is 0.487 e. The highest BCUT2D eigenvalue weighted by atomic mass is 19.1. The van der Waals surface area contributed by atoms with Crippen molar-refractivity contribution in [3.63, 3.8) is 0 Å². The minimum atomic E-state index is -0.349. The number of nitrogens with zero attached hydrogens (tertiary/aromatic N) is 3. The molecule has 2 aromatic carbocycles. The van der Waals surface area contributed by atoms with E-state index in [2.05, 4.69) is 39.4 Å². The maximum atomic E-state index is 13.1. The zero-order valence-corrected chi connectivity index (χ0v) is 18.7. The molecule has 3 atom stereocenters. The zero-order chi connectivity index (χ0) is 23.1. The summed E-state index contributed by atoms with van der Waals surface area (Å²) in [6.07, 6.45) is 6.21. The first-order valence-electron chi connectivity index (χ1n) is 11.6. The number of pyridine rings is 1. The minimum absolute atomic E-state index is 0.00758. The molecule has 2 aromatic heterocycles. The molecule has 2 fully saturated rings. The Bertz CT molecular complexity index is 1290. The smallest absolute Gasteiger partial charge is 0.313 e. The lowest BCUT2D eigenvalue weighted by molar-refractivity contribution is 0.299. The number of fused-ring (bicyclic) bond motifs is 2. The van der Waals surface area contributed by atoms with Crippen LogP contribution in [0.25, 0.3) is 11.5 Å². The molecule has 2 aliphatic carbocycles. The summed E-state index contributed by atoms with van der Waals surface area (Å²) in [5, 5.41) is 7.76. The Hall–Kier alpha value is -3.74. The maximum Gasteiger partial charge on any atom is 0.313 e. The molecular weight excluding hydrogens is 431 g/mol. The van der Waals surface area contributed by atoms with Crippen LogP contribution in [0, 0.1) is 17.7 Å². The Morgan fingerprint density at radius 3 is 2.32 bits per heavy atom. The molecule has 0 radical (unpaired) electrons. The molecule has 0 unspecified atom stereocenters. The number of benzene rings is 2. The first-order chi connectivity index (χ1) is 16.6. The van der Waals surface area contributed by atoms with E-state index >= 15 is 0 Å². The third kappa shape index (κ3) is 3.61. The van der Waals surface area contributed by atoms with E-state index in [0.717, 1.165) is 23.7 Å². The van der Waals surface area contributed by atoms with Crippen LogP contribution in [0.2, 0.25) is 0 Å². The van der Waals surface area contributed by atoms with Gasteiger partial charge in [-0.2, -0.15) is 0 Å². The standard InChI is InChI=1S/C27H25FN4O2/c28-22-9-10-23(30-15-22)16-33-24-11-7-20(8-12-24)27(14-17-1-4-21(27)13-17)19-5-2-18(3-6-19)25-31-32-26(29)34-25/h2-3,5-12,15,17,21H,1,4,13-14,16H2,(H2,29,32)/t17-,21+,27+/m1/s1. The summed E-state index contributed by atoms with van der Waals surface area (Å²) in [5.74, 6) is 2.25. The summed E-state index contributed by atoms with van der Waals surface area (Å²) in [5.41, 5.74) is 9.78. The highest BCUT2D eigenvalue weighted by Crippen LogP contribution is 2.60. The van der Waals surface area contributed by atoms with Gasteiger partial charge in [-0.3, -0.25) is 4.98 Å². The van der Waals surface area contributed by atoms with Gasteiger partial charge in [0.2, 0.25) is 5.89 Å². The second-order valence-corrected chi connectivity index (χ2v) is 9.36. The molecule has 2 saturated carbocycles. The van der Waals surface area contributed by atoms with Crippen LogP contribution in [0.5, 0.6) is 5.75 Å². The van der Waals surface area contributed by atoms with E-state index in [9.17, 15) is 4.39 Å². The number of ether oxygens (including phenoxy) is 1. The van der Waals surface area contributed by atoms with Gasteiger partial charge in [-0.05, 0) is 78.6 Å². The molecule has 4 aromatic rings. The Kier molecular flexibility index (Phi) is 5.05. The van der Waals surface area contributed by atoms with Crippen LogP contribution in [0.4, 0.5) is 10.4 Å². The fraction of sp³-hybridized carbons (Fsp3) is 0.296. The molecule has 2 heterocycles. The average molecular weight is 457 g/mol. The predicted molar refractivity (Wildman–Crippen MR) is 125 cm³/mol. The van der Waals surface area contributed by atoms with Crippen LogP contribution >= 0.6 is 0 Å². The molecule has 172 valence electrons. The van der Waals surface area contributed by atoms with Crippen molar-refractivity contribution in [2.45, 2.75) is 37.7 Å². The van der Waals surface area contributed by atoms with E-state index in [1.807, 2.05) is 24.3 Å². The molecule has 0 aliphatic heterocycles. The summed E-state index contributed by atoms with van der Waals surface area (Å²) in [4.78, 5) is 4.06. The normalized spacial score (nSPS) is 23.3. The van der Waals surface area contributed by atoms with Gasteiger partial charge in [-0.25, -0.2) is 4.39 Å². The van der Waals surface area contributed by atoms with E-state index in [-0.39, 0.29) is 17.2 Å². The molecule has 6 rings (SSSR count). The number of rotatable bonds is 6. The van der Waals surface area contributed by atoms with Crippen LogP contribution in [0.15, 0.2) is 71.3 Å². The highest BCUT2D eigenvalue weighted by Gasteiger charge is 2.52. The Morgan fingerprint density at radius 2 is 1.74 bits per heavy atom. The molecule has 34 heavy (non-hydrogen) atoms. The number of nitrogen functional groups attached to an aromatic ring is 1. The molecule has 2 bridgehead atoms. The summed E-state index contributed by atoms with van der Waals surface area (Å²) in [6, 6.07) is 20.0. The third-order valence-electron chi connectivity index (χ3n) is 7.48. The molecule has 7 heteroatoms. The second kappa shape index (κ2) is 8.24. The first kappa shape index (κ1) is 20.8. The highest BCUT2D eigenvalue weighted by molar-refractivity contribution is 5.56. The topological polar surface area (TPSA) is 87.1 Å². The predicted octanol–water partition coefficient (Wildman–Crippen LogP) is 5.54. The van der Waals surface area contributed by atoms with E-state index in [0.29, 0.717) is 24.1 Å². The number of halogens is 1. The average Bonchev–Trinajstić information content (AvgIpc) is 3.61. The Morgan fingerprint density at radius 1 is 0.971 bits per heavy atom. The van der Waals surface area contributed by atoms with Crippen molar-refractivity contribution in [2.75, 3.05) is 5.73 Å².